The van der Waals surface area contributed by atoms with E-state index < -0.39 is 6.10 Å². The molecule has 3 nitrogen and oxygen atoms in total. The van der Waals surface area contributed by atoms with E-state index >= 15 is 0 Å². The second kappa shape index (κ2) is 5.06. The third-order valence-electron chi connectivity index (χ3n) is 3.32. The van der Waals surface area contributed by atoms with E-state index in [2.05, 4.69) is 4.98 Å². The lowest BCUT2D eigenvalue weighted by molar-refractivity contribution is 0.192. The number of pyridine rings is 1. The molecular formula is C16H15FN2O. The Bertz CT molecular complexity index is 732. The van der Waals surface area contributed by atoms with Gasteiger partial charge >= 0.3 is 0 Å². The van der Waals surface area contributed by atoms with E-state index in [1.54, 1.807) is 19.1 Å². The standard InChI is InChI=1S/C16H15FN2O/c1-11(20)16-14(10-12-5-7-13(17)8-6-12)18-15-4-2-3-9-19(15)16/h2-9,11,20H,10H2,1H3. The lowest BCUT2D eigenvalue weighted by atomic mass is 10.1. The third kappa shape index (κ3) is 2.30. The van der Waals surface area contributed by atoms with Crippen LogP contribution in [-0.4, -0.2) is 14.5 Å². The Hall–Kier alpha value is -2.20. The van der Waals surface area contributed by atoms with Gasteiger partial charge in [0, 0.05) is 12.6 Å². The van der Waals surface area contributed by atoms with E-state index in [1.807, 2.05) is 28.8 Å². The van der Waals surface area contributed by atoms with Gasteiger partial charge in [0.1, 0.15) is 11.5 Å². The molecule has 0 saturated carbocycles. The maximum absolute atomic E-state index is 12.9. The predicted molar refractivity (Wildman–Crippen MR) is 75.0 cm³/mol. The van der Waals surface area contributed by atoms with Crippen molar-refractivity contribution in [1.82, 2.24) is 9.38 Å². The lowest BCUT2D eigenvalue weighted by Gasteiger charge is -2.07. The Labute approximate surface area is 116 Å². The summed E-state index contributed by atoms with van der Waals surface area (Å²) >= 11 is 0. The van der Waals surface area contributed by atoms with Crippen LogP contribution < -0.4 is 0 Å². The number of aromatic nitrogens is 2. The van der Waals surface area contributed by atoms with Gasteiger partial charge in [0.05, 0.1) is 17.5 Å². The molecule has 0 radical (unpaired) electrons. The minimum absolute atomic E-state index is 0.250. The molecule has 1 aromatic carbocycles. The molecule has 3 rings (SSSR count). The van der Waals surface area contributed by atoms with Crippen molar-refractivity contribution < 1.29 is 9.50 Å². The summed E-state index contributed by atoms with van der Waals surface area (Å²) in [6.07, 6.45) is 1.85. The molecule has 102 valence electrons. The number of hydrogen-bond donors (Lipinski definition) is 1. The minimum Gasteiger partial charge on any atom is -0.387 e. The van der Waals surface area contributed by atoms with Crippen molar-refractivity contribution in [2.75, 3.05) is 0 Å². The van der Waals surface area contributed by atoms with E-state index in [9.17, 15) is 9.50 Å². The number of aliphatic hydroxyl groups excluding tert-OH is 1. The molecule has 2 aromatic heterocycles. The van der Waals surface area contributed by atoms with Gasteiger partial charge in [-0.1, -0.05) is 18.2 Å². The first-order valence-electron chi connectivity index (χ1n) is 6.53. The van der Waals surface area contributed by atoms with Gasteiger partial charge in [0.2, 0.25) is 0 Å². The summed E-state index contributed by atoms with van der Waals surface area (Å²) in [5.41, 5.74) is 3.37. The SMILES string of the molecule is CC(O)c1c(Cc2ccc(F)cc2)nc2ccccn12. The topological polar surface area (TPSA) is 37.5 Å². The van der Waals surface area contributed by atoms with Gasteiger partial charge < -0.3 is 9.51 Å². The van der Waals surface area contributed by atoms with Crippen molar-refractivity contribution in [3.63, 3.8) is 0 Å². The third-order valence-corrected chi connectivity index (χ3v) is 3.32. The van der Waals surface area contributed by atoms with Crippen molar-refractivity contribution >= 4 is 5.65 Å². The molecule has 0 bridgehead atoms. The van der Waals surface area contributed by atoms with Crippen molar-refractivity contribution in [3.8, 4) is 0 Å². The first kappa shape index (κ1) is 12.8. The number of fused-ring (bicyclic) bond motifs is 1. The average molecular weight is 270 g/mol. The van der Waals surface area contributed by atoms with Crippen molar-refractivity contribution in [2.45, 2.75) is 19.4 Å². The number of rotatable bonds is 3. The maximum atomic E-state index is 12.9. The van der Waals surface area contributed by atoms with Crippen LogP contribution in [0.25, 0.3) is 5.65 Å². The van der Waals surface area contributed by atoms with Gasteiger partial charge in [0.15, 0.2) is 0 Å². The summed E-state index contributed by atoms with van der Waals surface area (Å²) in [6, 6.07) is 12.1. The van der Waals surface area contributed by atoms with E-state index in [4.69, 9.17) is 0 Å². The number of benzene rings is 1. The van der Waals surface area contributed by atoms with Crippen LogP contribution >= 0.6 is 0 Å². The second-order valence-electron chi connectivity index (χ2n) is 4.85. The molecule has 3 aromatic rings. The summed E-state index contributed by atoms with van der Waals surface area (Å²) in [5.74, 6) is -0.250. The van der Waals surface area contributed by atoms with Gasteiger partial charge in [0.25, 0.3) is 0 Å². The van der Waals surface area contributed by atoms with Crippen LogP contribution in [0.5, 0.6) is 0 Å². The molecule has 4 heteroatoms. The highest BCUT2D eigenvalue weighted by Gasteiger charge is 2.16. The molecule has 20 heavy (non-hydrogen) atoms. The highest BCUT2D eigenvalue weighted by Crippen LogP contribution is 2.22. The minimum atomic E-state index is -0.608. The smallest absolute Gasteiger partial charge is 0.137 e. The fourth-order valence-electron chi connectivity index (χ4n) is 2.43. The fraction of sp³-hybridized carbons (Fsp3) is 0.188. The van der Waals surface area contributed by atoms with E-state index in [0.29, 0.717) is 6.42 Å². The molecule has 2 heterocycles. The Morgan fingerprint density at radius 2 is 1.95 bits per heavy atom. The number of imidazole rings is 1. The molecule has 0 aliphatic carbocycles. The molecule has 0 saturated heterocycles. The molecule has 0 amide bonds. The van der Waals surface area contributed by atoms with Gasteiger partial charge in [-0.25, -0.2) is 9.37 Å². The number of aliphatic hydroxyl groups is 1. The molecule has 0 aliphatic rings. The Kier molecular flexibility index (Phi) is 3.24. The van der Waals surface area contributed by atoms with Crippen molar-refractivity contribution in [1.29, 1.82) is 0 Å². The molecule has 1 N–H and O–H groups in total. The van der Waals surface area contributed by atoms with Gasteiger partial charge in [-0.2, -0.15) is 0 Å². The summed E-state index contributed by atoms with van der Waals surface area (Å²) in [6.45, 7) is 1.73. The van der Waals surface area contributed by atoms with Crippen LogP contribution in [-0.2, 0) is 6.42 Å². The summed E-state index contributed by atoms with van der Waals surface area (Å²) in [4.78, 5) is 4.56. The Morgan fingerprint density at radius 3 is 2.65 bits per heavy atom. The highest BCUT2D eigenvalue weighted by atomic mass is 19.1. The van der Waals surface area contributed by atoms with Crippen LogP contribution in [0, 0.1) is 5.82 Å². The van der Waals surface area contributed by atoms with Crippen LogP contribution in [0.3, 0.4) is 0 Å². The summed E-state index contributed by atoms with van der Waals surface area (Å²) in [7, 11) is 0. The molecule has 0 spiro atoms. The summed E-state index contributed by atoms with van der Waals surface area (Å²) < 4.78 is 14.8. The zero-order valence-electron chi connectivity index (χ0n) is 11.1. The molecular weight excluding hydrogens is 255 g/mol. The molecule has 0 aliphatic heterocycles. The maximum Gasteiger partial charge on any atom is 0.137 e. The summed E-state index contributed by atoms with van der Waals surface area (Å²) in [5, 5.41) is 9.99. The van der Waals surface area contributed by atoms with E-state index in [0.717, 1.165) is 22.6 Å². The highest BCUT2D eigenvalue weighted by molar-refractivity contribution is 5.45. The van der Waals surface area contributed by atoms with Gasteiger partial charge in [-0.15, -0.1) is 0 Å². The second-order valence-corrected chi connectivity index (χ2v) is 4.85. The number of nitrogens with zero attached hydrogens (tertiary/aromatic N) is 2. The number of halogens is 1. The Morgan fingerprint density at radius 1 is 1.20 bits per heavy atom. The normalized spacial score (nSPS) is 12.8. The van der Waals surface area contributed by atoms with Crippen LogP contribution in [0.15, 0.2) is 48.7 Å². The van der Waals surface area contributed by atoms with E-state index in [-0.39, 0.29) is 5.82 Å². The largest absolute Gasteiger partial charge is 0.387 e. The molecule has 0 fully saturated rings. The van der Waals surface area contributed by atoms with E-state index in [1.165, 1.54) is 12.1 Å². The average Bonchev–Trinajstić information content (AvgIpc) is 2.79. The van der Waals surface area contributed by atoms with Crippen LogP contribution in [0.2, 0.25) is 0 Å². The van der Waals surface area contributed by atoms with Gasteiger partial charge in [-0.3, -0.25) is 0 Å². The van der Waals surface area contributed by atoms with Crippen molar-refractivity contribution in [3.05, 3.63) is 71.4 Å². The lowest BCUT2D eigenvalue weighted by Crippen LogP contribution is -2.02. The van der Waals surface area contributed by atoms with Gasteiger partial charge in [-0.05, 0) is 36.8 Å². The van der Waals surface area contributed by atoms with Crippen LogP contribution in [0.1, 0.15) is 30.0 Å². The quantitative estimate of drug-likeness (QED) is 0.794. The first-order chi connectivity index (χ1) is 9.65. The first-order valence-corrected chi connectivity index (χ1v) is 6.53. The predicted octanol–water partition coefficient (Wildman–Crippen LogP) is 3.12. The fourth-order valence-corrected chi connectivity index (χ4v) is 2.43. The number of hydrogen-bond acceptors (Lipinski definition) is 2. The molecule has 1 atom stereocenters. The Balaban J connectivity index is 2.06. The van der Waals surface area contributed by atoms with Crippen LogP contribution in [0.4, 0.5) is 4.39 Å². The van der Waals surface area contributed by atoms with Crippen molar-refractivity contribution in [2.24, 2.45) is 0 Å². The zero-order valence-corrected chi connectivity index (χ0v) is 11.1. The zero-order chi connectivity index (χ0) is 14.1. The monoisotopic (exact) mass is 270 g/mol. The molecule has 1 unspecified atom stereocenters.